The van der Waals surface area contributed by atoms with Crippen LogP contribution in [0.3, 0.4) is 0 Å². The second kappa shape index (κ2) is 5.96. The van der Waals surface area contributed by atoms with E-state index >= 15 is 0 Å². The maximum Gasteiger partial charge on any atom is 0.123 e. The molecule has 1 aromatic carbocycles. The predicted octanol–water partition coefficient (Wildman–Crippen LogP) is 3.85. The highest BCUT2D eigenvalue weighted by molar-refractivity contribution is 5.33. The summed E-state index contributed by atoms with van der Waals surface area (Å²) in [5, 5.41) is 0. The third kappa shape index (κ3) is 3.30. The van der Waals surface area contributed by atoms with Gasteiger partial charge in [-0.1, -0.05) is 31.0 Å². The Morgan fingerprint density at radius 3 is 2.53 bits per heavy atom. The van der Waals surface area contributed by atoms with Crippen LogP contribution in [0.5, 0.6) is 5.75 Å². The first-order chi connectivity index (χ1) is 9.36. The summed E-state index contributed by atoms with van der Waals surface area (Å²) in [5.74, 6) is 1.98. The Morgan fingerprint density at radius 2 is 1.84 bits per heavy atom. The van der Waals surface area contributed by atoms with Crippen LogP contribution < -0.4 is 4.74 Å². The molecule has 104 valence electrons. The zero-order valence-corrected chi connectivity index (χ0v) is 12.0. The summed E-state index contributed by atoms with van der Waals surface area (Å²) in [6, 6.07) is 9.31. The normalized spacial score (nSPS) is 20.1. The van der Waals surface area contributed by atoms with E-state index in [9.17, 15) is 0 Å². The molecular formula is C17H25NO. The van der Waals surface area contributed by atoms with E-state index in [1.165, 1.54) is 50.6 Å². The molecule has 0 N–H and O–H groups in total. The number of ether oxygens (including phenoxy) is 1. The molecule has 2 fully saturated rings. The number of rotatable bonds is 6. The van der Waals surface area contributed by atoms with Gasteiger partial charge < -0.3 is 4.74 Å². The van der Waals surface area contributed by atoms with Crippen molar-refractivity contribution in [2.24, 2.45) is 5.92 Å². The summed E-state index contributed by atoms with van der Waals surface area (Å²) in [6.45, 7) is 2.36. The van der Waals surface area contributed by atoms with E-state index in [1.807, 2.05) is 0 Å². The average molecular weight is 259 g/mol. The molecule has 0 radical (unpaired) electrons. The van der Waals surface area contributed by atoms with Crippen LogP contribution in [0.2, 0.25) is 0 Å². The molecule has 0 heterocycles. The lowest BCUT2D eigenvalue weighted by atomic mass is 10.1. The Labute approximate surface area is 116 Å². The lowest BCUT2D eigenvalue weighted by Crippen LogP contribution is -2.30. The topological polar surface area (TPSA) is 12.5 Å². The molecule has 0 aliphatic heterocycles. The van der Waals surface area contributed by atoms with Crippen molar-refractivity contribution in [2.75, 3.05) is 13.7 Å². The van der Waals surface area contributed by atoms with Gasteiger partial charge in [-0.25, -0.2) is 0 Å². The van der Waals surface area contributed by atoms with Gasteiger partial charge in [-0.05, 0) is 37.7 Å². The highest BCUT2D eigenvalue weighted by atomic mass is 16.5. The van der Waals surface area contributed by atoms with Gasteiger partial charge in [0.15, 0.2) is 0 Å². The van der Waals surface area contributed by atoms with E-state index < -0.39 is 0 Å². The fourth-order valence-electron chi connectivity index (χ4n) is 3.36. The summed E-state index contributed by atoms with van der Waals surface area (Å²) >= 11 is 0. The highest BCUT2D eigenvalue weighted by Gasteiger charge is 2.31. The Kier molecular flexibility index (Phi) is 4.07. The summed E-state index contributed by atoms with van der Waals surface area (Å²) in [7, 11) is 1.78. The number of hydrogen-bond donors (Lipinski definition) is 0. The summed E-state index contributed by atoms with van der Waals surface area (Å²) in [4.78, 5) is 2.70. The van der Waals surface area contributed by atoms with E-state index in [0.717, 1.165) is 24.3 Å². The molecule has 0 aromatic heterocycles. The van der Waals surface area contributed by atoms with Gasteiger partial charge in [-0.3, -0.25) is 4.90 Å². The van der Waals surface area contributed by atoms with Crippen molar-refractivity contribution in [2.45, 2.75) is 51.1 Å². The average Bonchev–Trinajstić information content (AvgIpc) is 3.17. The first-order valence-corrected chi connectivity index (χ1v) is 7.73. The SMILES string of the molecule is COc1ccccc1CN(CC1CCCC1)C1CC1. The Morgan fingerprint density at radius 1 is 1.11 bits per heavy atom. The number of nitrogens with zero attached hydrogens (tertiary/aromatic N) is 1. The molecule has 0 bridgehead atoms. The molecule has 0 spiro atoms. The molecule has 2 heteroatoms. The third-order valence-electron chi connectivity index (χ3n) is 4.60. The molecule has 2 nitrogen and oxygen atoms in total. The predicted molar refractivity (Wildman–Crippen MR) is 78.4 cm³/mol. The number of para-hydroxylation sites is 1. The van der Waals surface area contributed by atoms with Crippen molar-refractivity contribution in [1.82, 2.24) is 4.90 Å². The minimum atomic E-state index is 0.838. The van der Waals surface area contributed by atoms with E-state index in [1.54, 1.807) is 7.11 Å². The van der Waals surface area contributed by atoms with Gasteiger partial charge in [-0.2, -0.15) is 0 Å². The second-order valence-corrected chi connectivity index (χ2v) is 6.12. The quantitative estimate of drug-likeness (QED) is 0.769. The van der Waals surface area contributed by atoms with Crippen LogP contribution in [0.4, 0.5) is 0 Å². The van der Waals surface area contributed by atoms with Crippen LogP contribution in [0.25, 0.3) is 0 Å². The Hall–Kier alpha value is -1.02. The van der Waals surface area contributed by atoms with Crippen molar-refractivity contribution < 1.29 is 4.74 Å². The van der Waals surface area contributed by atoms with Crippen molar-refractivity contribution >= 4 is 0 Å². The summed E-state index contributed by atoms with van der Waals surface area (Å²) < 4.78 is 5.49. The molecular weight excluding hydrogens is 234 g/mol. The summed E-state index contributed by atoms with van der Waals surface area (Å²) in [6.07, 6.45) is 8.55. The van der Waals surface area contributed by atoms with Crippen molar-refractivity contribution in [1.29, 1.82) is 0 Å². The van der Waals surface area contributed by atoms with Gasteiger partial charge in [0, 0.05) is 24.7 Å². The fraction of sp³-hybridized carbons (Fsp3) is 0.647. The molecule has 1 aromatic rings. The molecule has 2 saturated carbocycles. The minimum Gasteiger partial charge on any atom is -0.496 e. The van der Waals surface area contributed by atoms with Crippen LogP contribution in [-0.4, -0.2) is 24.6 Å². The van der Waals surface area contributed by atoms with Gasteiger partial charge in [0.05, 0.1) is 7.11 Å². The molecule has 0 amide bonds. The van der Waals surface area contributed by atoms with E-state index in [-0.39, 0.29) is 0 Å². The molecule has 0 saturated heterocycles. The van der Waals surface area contributed by atoms with E-state index in [0.29, 0.717) is 0 Å². The van der Waals surface area contributed by atoms with Crippen molar-refractivity contribution in [3.8, 4) is 5.75 Å². The number of methoxy groups -OCH3 is 1. The van der Waals surface area contributed by atoms with Crippen molar-refractivity contribution in [3.05, 3.63) is 29.8 Å². The van der Waals surface area contributed by atoms with Gasteiger partial charge >= 0.3 is 0 Å². The monoisotopic (exact) mass is 259 g/mol. The smallest absolute Gasteiger partial charge is 0.123 e. The van der Waals surface area contributed by atoms with Crippen molar-refractivity contribution in [3.63, 3.8) is 0 Å². The van der Waals surface area contributed by atoms with Gasteiger partial charge in [0.2, 0.25) is 0 Å². The first-order valence-electron chi connectivity index (χ1n) is 7.73. The van der Waals surface area contributed by atoms with E-state index in [4.69, 9.17) is 4.74 Å². The largest absolute Gasteiger partial charge is 0.496 e. The van der Waals surface area contributed by atoms with Crippen LogP contribution in [0.1, 0.15) is 44.1 Å². The number of benzene rings is 1. The lowest BCUT2D eigenvalue weighted by molar-refractivity contribution is 0.211. The minimum absolute atomic E-state index is 0.838. The number of hydrogen-bond acceptors (Lipinski definition) is 2. The highest BCUT2D eigenvalue weighted by Crippen LogP contribution is 2.34. The maximum absolute atomic E-state index is 5.49. The molecule has 2 aliphatic carbocycles. The third-order valence-corrected chi connectivity index (χ3v) is 4.60. The van der Waals surface area contributed by atoms with Crippen LogP contribution in [0, 0.1) is 5.92 Å². The molecule has 0 unspecified atom stereocenters. The Balaban J connectivity index is 1.66. The standard InChI is InChI=1S/C17H25NO/c1-19-17-9-5-4-8-15(17)13-18(16-10-11-16)12-14-6-2-3-7-14/h4-5,8-9,14,16H,2-3,6-7,10-13H2,1H3. The lowest BCUT2D eigenvalue weighted by Gasteiger charge is -2.26. The van der Waals surface area contributed by atoms with Crippen LogP contribution in [-0.2, 0) is 6.54 Å². The molecule has 19 heavy (non-hydrogen) atoms. The van der Waals surface area contributed by atoms with Gasteiger partial charge in [-0.15, -0.1) is 0 Å². The van der Waals surface area contributed by atoms with E-state index in [2.05, 4.69) is 29.2 Å². The maximum atomic E-state index is 5.49. The first kappa shape index (κ1) is 13.0. The second-order valence-electron chi connectivity index (χ2n) is 6.12. The van der Waals surface area contributed by atoms with Gasteiger partial charge in [0.1, 0.15) is 5.75 Å². The van der Waals surface area contributed by atoms with Crippen LogP contribution in [0.15, 0.2) is 24.3 Å². The van der Waals surface area contributed by atoms with Gasteiger partial charge in [0.25, 0.3) is 0 Å². The fourth-order valence-corrected chi connectivity index (χ4v) is 3.36. The molecule has 0 atom stereocenters. The zero-order valence-electron chi connectivity index (χ0n) is 12.0. The Bertz CT molecular complexity index is 407. The summed E-state index contributed by atoms with van der Waals surface area (Å²) in [5.41, 5.74) is 1.34. The van der Waals surface area contributed by atoms with Crippen LogP contribution >= 0.6 is 0 Å². The molecule has 3 rings (SSSR count). The zero-order chi connectivity index (χ0) is 13.1. The molecule has 2 aliphatic rings.